The fraction of sp³-hybridized carbons (Fsp3) is 0.667. The monoisotopic (exact) mass is 172 g/mol. The van der Waals surface area contributed by atoms with E-state index in [2.05, 4.69) is 11.8 Å². The van der Waals surface area contributed by atoms with E-state index in [0.717, 1.165) is 25.7 Å². The first-order valence-corrected chi connectivity index (χ1v) is 4.27. The van der Waals surface area contributed by atoms with E-state index in [1.54, 1.807) is 6.08 Å². The van der Waals surface area contributed by atoms with Gasteiger partial charge in [-0.05, 0) is 18.6 Å². The molecule has 3 heteroatoms. The van der Waals surface area contributed by atoms with Gasteiger partial charge in [-0.1, -0.05) is 26.2 Å². The highest BCUT2D eigenvalue weighted by Crippen LogP contribution is 2.06. The maximum Gasteiger partial charge on any atom is 0.142 e. The summed E-state index contributed by atoms with van der Waals surface area (Å²) in [4.78, 5) is 14.1. The van der Waals surface area contributed by atoms with Gasteiger partial charge >= 0.3 is 0 Å². The largest absolute Gasteiger partial charge is 0.299 e. The van der Waals surface area contributed by atoms with Crippen LogP contribution in [0.2, 0.25) is 0 Å². The maximum absolute atomic E-state index is 9.93. The average Bonchev–Trinajstić information content (AvgIpc) is 2.11. The first-order valence-electron chi connectivity index (χ1n) is 4.27. The third kappa shape index (κ3) is 6.07. The Morgan fingerprint density at radius 2 is 2.25 bits per heavy atom. The summed E-state index contributed by atoms with van der Waals surface area (Å²) < 4.78 is 0. The number of carbonyl (C=O) groups excluding carboxylic acids is 1. The molecule has 0 heterocycles. The second-order valence-electron chi connectivity index (χ2n) is 2.66. The summed E-state index contributed by atoms with van der Waals surface area (Å²) in [5.74, 6) is 0. The predicted molar refractivity (Wildman–Crippen MR) is 46.8 cm³/mol. The van der Waals surface area contributed by atoms with Crippen LogP contribution in [-0.2, 0) is 9.68 Å². The minimum absolute atomic E-state index is 0.332. The van der Waals surface area contributed by atoms with Crippen molar-refractivity contribution in [2.45, 2.75) is 38.7 Å². The minimum Gasteiger partial charge on any atom is -0.299 e. The Balaban J connectivity index is 3.52. The second-order valence-corrected chi connectivity index (χ2v) is 2.66. The van der Waals surface area contributed by atoms with Crippen LogP contribution in [0.25, 0.3) is 0 Å². The summed E-state index contributed by atoms with van der Waals surface area (Å²) in [6.07, 6.45) is 7.26. The molecule has 0 unspecified atom stereocenters. The van der Waals surface area contributed by atoms with Crippen LogP contribution in [0.3, 0.4) is 0 Å². The van der Waals surface area contributed by atoms with Gasteiger partial charge in [0.1, 0.15) is 12.4 Å². The summed E-state index contributed by atoms with van der Waals surface area (Å²) in [5.41, 5.74) is 0. The van der Waals surface area contributed by atoms with Gasteiger partial charge in [-0.3, -0.25) is 10.1 Å². The standard InChI is InChI=1S/C9H16O3/c1-2-3-4-6-9(12-11)7-5-8-10/h5,7-9,11H,2-4,6H2,1H3/b7-5+/t9-/m1/s1. The van der Waals surface area contributed by atoms with Crippen molar-refractivity contribution in [2.24, 2.45) is 0 Å². The third-order valence-electron chi connectivity index (χ3n) is 1.63. The van der Waals surface area contributed by atoms with Crippen LogP contribution in [0.4, 0.5) is 0 Å². The second kappa shape index (κ2) is 8.43. The summed E-state index contributed by atoms with van der Waals surface area (Å²) >= 11 is 0. The van der Waals surface area contributed by atoms with Crippen molar-refractivity contribution in [3.63, 3.8) is 0 Å². The lowest BCUT2D eigenvalue weighted by molar-refractivity contribution is -0.267. The molecule has 1 N–H and O–H groups in total. The van der Waals surface area contributed by atoms with Crippen molar-refractivity contribution in [3.05, 3.63) is 12.2 Å². The Morgan fingerprint density at radius 3 is 2.75 bits per heavy atom. The predicted octanol–water partition coefficient (Wildman–Crippen LogP) is 2.18. The normalized spacial score (nSPS) is 13.5. The molecule has 0 aromatic heterocycles. The topological polar surface area (TPSA) is 46.5 Å². The Hall–Kier alpha value is -0.670. The van der Waals surface area contributed by atoms with Gasteiger partial charge in [0.25, 0.3) is 0 Å². The molecule has 0 amide bonds. The molecule has 0 saturated carbocycles. The molecule has 0 rings (SSSR count). The minimum atomic E-state index is -0.332. The molecule has 0 aliphatic rings. The summed E-state index contributed by atoms with van der Waals surface area (Å²) in [6, 6.07) is 0. The first-order chi connectivity index (χ1) is 5.85. The maximum atomic E-state index is 9.93. The lowest BCUT2D eigenvalue weighted by atomic mass is 10.1. The number of unbranched alkanes of at least 4 members (excludes halogenated alkanes) is 2. The van der Waals surface area contributed by atoms with E-state index >= 15 is 0 Å². The smallest absolute Gasteiger partial charge is 0.142 e. The molecule has 70 valence electrons. The number of hydrogen-bond acceptors (Lipinski definition) is 3. The fourth-order valence-corrected chi connectivity index (χ4v) is 0.949. The van der Waals surface area contributed by atoms with E-state index in [-0.39, 0.29) is 6.10 Å². The molecule has 0 bridgehead atoms. The van der Waals surface area contributed by atoms with Crippen molar-refractivity contribution in [2.75, 3.05) is 0 Å². The Morgan fingerprint density at radius 1 is 1.50 bits per heavy atom. The van der Waals surface area contributed by atoms with Gasteiger partial charge in [-0.2, -0.15) is 0 Å². The van der Waals surface area contributed by atoms with Gasteiger partial charge in [0.05, 0.1) is 0 Å². The molecule has 12 heavy (non-hydrogen) atoms. The molecule has 0 fully saturated rings. The lowest BCUT2D eigenvalue weighted by Crippen LogP contribution is -2.06. The zero-order chi connectivity index (χ0) is 9.23. The first kappa shape index (κ1) is 11.3. The lowest BCUT2D eigenvalue weighted by Gasteiger charge is -2.06. The van der Waals surface area contributed by atoms with Crippen LogP contribution in [0, 0.1) is 0 Å². The van der Waals surface area contributed by atoms with Gasteiger partial charge in [0, 0.05) is 0 Å². The van der Waals surface area contributed by atoms with Crippen molar-refractivity contribution in [1.29, 1.82) is 0 Å². The van der Waals surface area contributed by atoms with E-state index in [0.29, 0.717) is 6.29 Å². The van der Waals surface area contributed by atoms with Crippen molar-refractivity contribution in [1.82, 2.24) is 0 Å². The van der Waals surface area contributed by atoms with E-state index in [4.69, 9.17) is 5.26 Å². The molecule has 3 nitrogen and oxygen atoms in total. The molecule has 0 saturated heterocycles. The number of carbonyl (C=O) groups is 1. The van der Waals surface area contributed by atoms with E-state index < -0.39 is 0 Å². The molecule has 0 aromatic rings. The highest BCUT2D eigenvalue weighted by atomic mass is 17.1. The summed E-state index contributed by atoms with van der Waals surface area (Å²) in [5, 5.41) is 8.38. The highest BCUT2D eigenvalue weighted by Gasteiger charge is 2.02. The molecular weight excluding hydrogens is 156 g/mol. The SMILES string of the molecule is CCCCC[C@H](/C=C/C=O)OO. The van der Waals surface area contributed by atoms with Gasteiger partial charge in [0.15, 0.2) is 0 Å². The quantitative estimate of drug-likeness (QED) is 0.210. The molecule has 0 spiro atoms. The van der Waals surface area contributed by atoms with E-state index in [1.165, 1.54) is 6.08 Å². The van der Waals surface area contributed by atoms with Crippen LogP contribution in [0.5, 0.6) is 0 Å². The van der Waals surface area contributed by atoms with Crippen LogP contribution in [0.1, 0.15) is 32.6 Å². The van der Waals surface area contributed by atoms with E-state index in [9.17, 15) is 4.79 Å². The molecule has 0 radical (unpaired) electrons. The zero-order valence-corrected chi connectivity index (χ0v) is 7.40. The summed E-state index contributed by atoms with van der Waals surface area (Å²) in [6.45, 7) is 2.11. The van der Waals surface area contributed by atoms with Crippen molar-refractivity contribution < 1.29 is 14.9 Å². The Kier molecular flexibility index (Phi) is 7.96. The molecular formula is C9H16O3. The third-order valence-corrected chi connectivity index (χ3v) is 1.63. The van der Waals surface area contributed by atoms with Crippen LogP contribution in [-0.4, -0.2) is 17.6 Å². The number of allylic oxidation sites excluding steroid dienone is 1. The Labute approximate surface area is 73.0 Å². The molecule has 1 atom stereocenters. The van der Waals surface area contributed by atoms with Crippen LogP contribution >= 0.6 is 0 Å². The summed E-state index contributed by atoms with van der Waals surface area (Å²) in [7, 11) is 0. The Bertz CT molecular complexity index is 132. The van der Waals surface area contributed by atoms with E-state index in [1.807, 2.05) is 0 Å². The number of hydrogen-bond donors (Lipinski definition) is 1. The van der Waals surface area contributed by atoms with Crippen molar-refractivity contribution in [3.8, 4) is 0 Å². The van der Waals surface area contributed by atoms with Crippen molar-refractivity contribution >= 4 is 6.29 Å². The number of aldehydes is 1. The molecule has 0 aromatic carbocycles. The van der Waals surface area contributed by atoms with Gasteiger partial charge < -0.3 is 0 Å². The fourth-order valence-electron chi connectivity index (χ4n) is 0.949. The molecule has 0 aliphatic carbocycles. The highest BCUT2D eigenvalue weighted by molar-refractivity contribution is 5.64. The number of rotatable bonds is 7. The van der Waals surface area contributed by atoms with Crippen LogP contribution in [0.15, 0.2) is 12.2 Å². The van der Waals surface area contributed by atoms with Gasteiger partial charge in [-0.15, -0.1) is 0 Å². The van der Waals surface area contributed by atoms with Gasteiger partial charge in [-0.25, -0.2) is 4.89 Å². The van der Waals surface area contributed by atoms with Gasteiger partial charge in [0.2, 0.25) is 0 Å². The molecule has 0 aliphatic heterocycles. The van der Waals surface area contributed by atoms with Crippen LogP contribution < -0.4 is 0 Å². The average molecular weight is 172 g/mol. The zero-order valence-electron chi connectivity index (χ0n) is 7.40.